The van der Waals surface area contributed by atoms with Crippen LogP contribution in [-0.2, 0) is 6.61 Å². The molecule has 2 aromatic rings. The summed E-state index contributed by atoms with van der Waals surface area (Å²) in [5, 5.41) is 9.41. The molecule has 0 aliphatic heterocycles. The van der Waals surface area contributed by atoms with E-state index in [1.54, 1.807) is 18.2 Å². The Balaban J connectivity index is 1.65. The van der Waals surface area contributed by atoms with Crippen molar-refractivity contribution in [3.63, 3.8) is 0 Å². The van der Waals surface area contributed by atoms with Crippen molar-refractivity contribution in [2.45, 2.75) is 32.3 Å². The second kappa shape index (κ2) is 8.45. The number of benzene rings is 1. The van der Waals surface area contributed by atoms with Gasteiger partial charge in [-0.25, -0.2) is 9.37 Å². The van der Waals surface area contributed by atoms with Crippen molar-refractivity contribution in [1.82, 2.24) is 4.98 Å². The first kappa shape index (κ1) is 17.9. The molecule has 0 saturated carbocycles. The minimum Gasteiger partial charge on any atom is -0.473 e. The summed E-state index contributed by atoms with van der Waals surface area (Å²) in [4.78, 5) is 4.54. The van der Waals surface area contributed by atoms with Gasteiger partial charge < -0.3 is 9.84 Å². The first-order chi connectivity index (χ1) is 12.2. The van der Waals surface area contributed by atoms with Gasteiger partial charge in [0.15, 0.2) is 0 Å². The van der Waals surface area contributed by atoms with Crippen molar-refractivity contribution in [1.29, 1.82) is 0 Å². The van der Waals surface area contributed by atoms with E-state index in [9.17, 15) is 4.39 Å². The van der Waals surface area contributed by atoms with Gasteiger partial charge in [-0.1, -0.05) is 29.8 Å². The molecular formula is C20H21ClFNO2. The van der Waals surface area contributed by atoms with Crippen LogP contribution < -0.4 is 4.74 Å². The summed E-state index contributed by atoms with van der Waals surface area (Å²) in [6, 6.07) is 10.2. The number of aliphatic hydroxyl groups is 1. The molecule has 0 saturated heterocycles. The van der Waals surface area contributed by atoms with Gasteiger partial charge in [-0.2, -0.15) is 0 Å². The molecule has 3 nitrogen and oxygen atoms in total. The van der Waals surface area contributed by atoms with Gasteiger partial charge in [-0.15, -0.1) is 0 Å². The number of rotatable bonds is 6. The molecule has 132 valence electrons. The largest absolute Gasteiger partial charge is 0.473 e. The summed E-state index contributed by atoms with van der Waals surface area (Å²) in [7, 11) is 0. The molecule has 3 rings (SSSR count). The van der Waals surface area contributed by atoms with Crippen LogP contribution in [0.2, 0.25) is 5.02 Å². The lowest BCUT2D eigenvalue weighted by Crippen LogP contribution is -2.08. The number of nitrogens with zero attached hydrogens (tertiary/aromatic N) is 1. The number of ether oxygens (including phenoxy) is 1. The standard InChI is InChI=1S/C20H21ClFNO2/c21-17-9-8-16(18(22)12-17)13-25-20-3-1-2-19(23-20)15-6-4-14(5-7-15)10-11-24/h1-3,6,8-9,12,14,24H,4-5,7,10-11,13H2. The monoisotopic (exact) mass is 361 g/mol. The van der Waals surface area contributed by atoms with Crippen molar-refractivity contribution in [3.8, 4) is 5.88 Å². The SMILES string of the molecule is OCCC1CC=C(c2cccc(OCc3ccc(Cl)cc3F)n2)CC1. The molecule has 1 aromatic carbocycles. The Kier molecular flexibility index (Phi) is 6.05. The van der Waals surface area contributed by atoms with Crippen LogP contribution in [0.25, 0.3) is 5.57 Å². The molecule has 0 radical (unpaired) electrons. The van der Waals surface area contributed by atoms with Gasteiger partial charge in [0.05, 0.1) is 5.69 Å². The molecule has 0 fully saturated rings. The fraction of sp³-hybridized carbons (Fsp3) is 0.350. The Morgan fingerprint density at radius 1 is 1.28 bits per heavy atom. The third kappa shape index (κ3) is 4.80. The van der Waals surface area contributed by atoms with E-state index in [2.05, 4.69) is 11.1 Å². The zero-order valence-electron chi connectivity index (χ0n) is 13.9. The minimum absolute atomic E-state index is 0.108. The van der Waals surface area contributed by atoms with Crippen LogP contribution in [0.5, 0.6) is 5.88 Å². The first-order valence-electron chi connectivity index (χ1n) is 8.50. The summed E-state index contributed by atoms with van der Waals surface area (Å²) < 4.78 is 19.5. The van der Waals surface area contributed by atoms with E-state index < -0.39 is 0 Å². The second-order valence-electron chi connectivity index (χ2n) is 6.27. The first-order valence-corrected chi connectivity index (χ1v) is 8.87. The average Bonchev–Trinajstić information content (AvgIpc) is 2.62. The molecule has 5 heteroatoms. The molecule has 1 N–H and O–H groups in total. The molecule has 1 aliphatic rings. The highest BCUT2D eigenvalue weighted by Gasteiger charge is 2.16. The lowest BCUT2D eigenvalue weighted by atomic mass is 9.86. The molecule has 1 unspecified atom stereocenters. The van der Waals surface area contributed by atoms with Crippen LogP contribution in [-0.4, -0.2) is 16.7 Å². The summed E-state index contributed by atoms with van der Waals surface area (Å²) >= 11 is 5.76. The Bertz CT molecular complexity index is 763. The minimum atomic E-state index is -0.381. The van der Waals surface area contributed by atoms with Crippen LogP contribution in [0.1, 0.15) is 36.9 Å². The zero-order valence-corrected chi connectivity index (χ0v) is 14.7. The molecule has 1 aromatic heterocycles. The molecule has 0 bridgehead atoms. The maximum absolute atomic E-state index is 13.8. The fourth-order valence-electron chi connectivity index (χ4n) is 3.03. The highest BCUT2D eigenvalue weighted by atomic mass is 35.5. The summed E-state index contributed by atoms with van der Waals surface area (Å²) in [5.41, 5.74) is 2.55. The van der Waals surface area contributed by atoms with Crippen molar-refractivity contribution in [3.05, 3.63) is 64.6 Å². The van der Waals surface area contributed by atoms with E-state index in [1.165, 1.54) is 11.6 Å². The third-order valence-corrected chi connectivity index (χ3v) is 4.74. The second-order valence-corrected chi connectivity index (χ2v) is 6.70. The molecule has 1 heterocycles. The Morgan fingerprint density at radius 2 is 2.16 bits per heavy atom. The quantitative estimate of drug-likeness (QED) is 0.785. The van der Waals surface area contributed by atoms with E-state index in [-0.39, 0.29) is 19.0 Å². The Hall–Kier alpha value is -1.91. The van der Waals surface area contributed by atoms with Gasteiger partial charge in [0, 0.05) is 23.3 Å². The van der Waals surface area contributed by atoms with Gasteiger partial charge >= 0.3 is 0 Å². The van der Waals surface area contributed by atoms with E-state index in [0.717, 1.165) is 31.4 Å². The average molecular weight is 362 g/mol. The summed E-state index contributed by atoms with van der Waals surface area (Å²) in [5.74, 6) is 0.653. The van der Waals surface area contributed by atoms with Crippen LogP contribution >= 0.6 is 11.6 Å². The molecule has 25 heavy (non-hydrogen) atoms. The summed E-state index contributed by atoms with van der Waals surface area (Å²) in [6.07, 6.45) is 6.04. The third-order valence-electron chi connectivity index (χ3n) is 4.50. The number of aromatic nitrogens is 1. The Labute approximate surface area is 152 Å². The van der Waals surface area contributed by atoms with E-state index in [0.29, 0.717) is 22.4 Å². The van der Waals surface area contributed by atoms with Gasteiger partial charge in [0.2, 0.25) is 5.88 Å². The lowest BCUT2D eigenvalue weighted by molar-refractivity contribution is 0.251. The number of hydrogen-bond acceptors (Lipinski definition) is 3. The highest BCUT2D eigenvalue weighted by Crippen LogP contribution is 2.31. The number of pyridine rings is 1. The molecule has 1 aliphatic carbocycles. The number of hydrogen-bond donors (Lipinski definition) is 1. The van der Waals surface area contributed by atoms with E-state index >= 15 is 0 Å². The predicted octanol–water partition coefficient (Wildman–Crippen LogP) is 5.02. The number of allylic oxidation sites excluding steroid dienone is 2. The van der Waals surface area contributed by atoms with E-state index in [4.69, 9.17) is 21.4 Å². The molecule has 0 spiro atoms. The van der Waals surface area contributed by atoms with Gasteiger partial charge in [-0.3, -0.25) is 0 Å². The van der Waals surface area contributed by atoms with Crippen LogP contribution in [0.3, 0.4) is 0 Å². The van der Waals surface area contributed by atoms with Gasteiger partial charge in [-0.05, 0) is 55.4 Å². The van der Waals surface area contributed by atoms with Crippen molar-refractivity contribution >= 4 is 17.2 Å². The maximum atomic E-state index is 13.8. The summed E-state index contributed by atoms with van der Waals surface area (Å²) in [6.45, 7) is 0.355. The van der Waals surface area contributed by atoms with Crippen LogP contribution in [0, 0.1) is 11.7 Å². The lowest BCUT2D eigenvalue weighted by Gasteiger charge is -2.21. The van der Waals surface area contributed by atoms with Crippen LogP contribution in [0.15, 0.2) is 42.5 Å². The topological polar surface area (TPSA) is 42.4 Å². The van der Waals surface area contributed by atoms with Gasteiger partial charge in [0.25, 0.3) is 0 Å². The number of halogens is 2. The van der Waals surface area contributed by atoms with E-state index in [1.807, 2.05) is 12.1 Å². The molecule has 1 atom stereocenters. The normalized spacial score (nSPS) is 17.2. The highest BCUT2D eigenvalue weighted by molar-refractivity contribution is 6.30. The zero-order chi connectivity index (χ0) is 17.6. The smallest absolute Gasteiger partial charge is 0.214 e. The van der Waals surface area contributed by atoms with Crippen molar-refractivity contribution in [2.75, 3.05) is 6.61 Å². The number of aliphatic hydroxyl groups excluding tert-OH is 1. The van der Waals surface area contributed by atoms with Gasteiger partial charge in [0.1, 0.15) is 12.4 Å². The predicted molar refractivity (Wildman–Crippen MR) is 97.0 cm³/mol. The van der Waals surface area contributed by atoms with Crippen molar-refractivity contribution in [2.24, 2.45) is 5.92 Å². The Morgan fingerprint density at radius 3 is 2.88 bits per heavy atom. The molecule has 0 amide bonds. The maximum Gasteiger partial charge on any atom is 0.214 e. The van der Waals surface area contributed by atoms with Crippen LogP contribution in [0.4, 0.5) is 4.39 Å². The molecular weight excluding hydrogens is 341 g/mol. The fourth-order valence-corrected chi connectivity index (χ4v) is 3.19. The van der Waals surface area contributed by atoms with Crippen molar-refractivity contribution < 1.29 is 14.2 Å².